The molecule has 0 bridgehead atoms. The third-order valence-electron chi connectivity index (χ3n) is 4.62. The van der Waals surface area contributed by atoms with Gasteiger partial charge >= 0.3 is 0 Å². The van der Waals surface area contributed by atoms with E-state index in [2.05, 4.69) is 10.1 Å². The van der Waals surface area contributed by atoms with Crippen LogP contribution in [-0.2, 0) is 11.3 Å². The van der Waals surface area contributed by atoms with Gasteiger partial charge in [0.05, 0.1) is 21.3 Å². The summed E-state index contributed by atoms with van der Waals surface area (Å²) in [4.78, 5) is 18.8. The predicted octanol–water partition coefficient (Wildman–Crippen LogP) is 3.42. The second-order valence-electron chi connectivity index (χ2n) is 6.58. The number of thiazole rings is 1. The molecule has 1 aromatic carbocycles. The Morgan fingerprint density at radius 2 is 2.30 bits per heavy atom. The first-order valence-electron chi connectivity index (χ1n) is 8.90. The first kappa shape index (κ1) is 17.9. The number of piperidine rings is 1. The number of aromatic nitrogens is 2. The summed E-state index contributed by atoms with van der Waals surface area (Å²) in [6.07, 6.45) is 1.99. The van der Waals surface area contributed by atoms with Gasteiger partial charge in [0.2, 0.25) is 0 Å². The molecule has 3 heterocycles. The number of carbonyl (C=O) groups excluding carboxylic acids is 1. The Kier molecular flexibility index (Phi) is 5.09. The molecule has 4 rings (SSSR count). The van der Waals surface area contributed by atoms with E-state index in [9.17, 15) is 4.79 Å². The van der Waals surface area contributed by atoms with Crippen molar-refractivity contribution in [1.29, 1.82) is 0 Å². The van der Waals surface area contributed by atoms with Crippen molar-refractivity contribution in [2.75, 3.05) is 20.2 Å². The molecule has 7 nitrogen and oxygen atoms in total. The minimum absolute atomic E-state index is 0.0849. The van der Waals surface area contributed by atoms with Crippen LogP contribution in [-0.4, -0.2) is 47.3 Å². The molecule has 3 aromatic rings. The molecule has 8 heteroatoms. The standard InChI is InChI=1S/C19H21N3O4S/c1-12-20-16-8-13(5-6-18(16)27-12)25-11-15-9-17(21-26-15)19(23)22-7-3-4-14(10-22)24-2/h5-6,8-9,14H,3-4,7,10-11H2,1-2H3. The van der Waals surface area contributed by atoms with Crippen LogP contribution in [0.15, 0.2) is 28.8 Å². The van der Waals surface area contributed by atoms with E-state index in [0.29, 0.717) is 30.3 Å². The average molecular weight is 387 g/mol. The Bertz CT molecular complexity index is 951. The van der Waals surface area contributed by atoms with Crippen LogP contribution in [0.25, 0.3) is 10.2 Å². The fourth-order valence-electron chi connectivity index (χ4n) is 3.23. The van der Waals surface area contributed by atoms with Gasteiger partial charge in [0.15, 0.2) is 11.5 Å². The Balaban J connectivity index is 1.39. The summed E-state index contributed by atoms with van der Waals surface area (Å²) in [6.45, 7) is 3.48. The van der Waals surface area contributed by atoms with Crippen molar-refractivity contribution in [1.82, 2.24) is 15.0 Å². The Hall–Kier alpha value is -2.45. The summed E-state index contributed by atoms with van der Waals surface area (Å²) >= 11 is 1.65. The predicted molar refractivity (Wildman–Crippen MR) is 101 cm³/mol. The summed E-state index contributed by atoms with van der Waals surface area (Å²) in [6, 6.07) is 7.44. The number of methoxy groups -OCH3 is 1. The van der Waals surface area contributed by atoms with Crippen molar-refractivity contribution in [3.8, 4) is 5.75 Å². The van der Waals surface area contributed by atoms with Crippen LogP contribution in [0, 0.1) is 6.92 Å². The lowest BCUT2D eigenvalue weighted by Gasteiger charge is -2.31. The summed E-state index contributed by atoms with van der Waals surface area (Å²) in [5.74, 6) is 1.08. The first-order valence-corrected chi connectivity index (χ1v) is 9.71. The fourth-order valence-corrected chi connectivity index (χ4v) is 4.03. The van der Waals surface area contributed by atoms with Crippen LogP contribution in [0.1, 0.15) is 34.1 Å². The maximum absolute atomic E-state index is 12.6. The van der Waals surface area contributed by atoms with Crippen molar-refractivity contribution >= 4 is 27.5 Å². The van der Waals surface area contributed by atoms with Crippen molar-refractivity contribution in [2.45, 2.75) is 32.5 Å². The molecule has 0 N–H and O–H groups in total. The molecule has 1 saturated heterocycles. The number of benzene rings is 1. The van der Waals surface area contributed by atoms with Crippen LogP contribution in [0.3, 0.4) is 0 Å². The molecule has 1 fully saturated rings. The molecule has 27 heavy (non-hydrogen) atoms. The van der Waals surface area contributed by atoms with Gasteiger partial charge in [-0.25, -0.2) is 4.98 Å². The lowest BCUT2D eigenvalue weighted by molar-refractivity contribution is 0.0263. The third-order valence-corrected chi connectivity index (χ3v) is 5.58. The summed E-state index contributed by atoms with van der Waals surface area (Å²) < 4.78 is 17.5. The van der Waals surface area contributed by atoms with Gasteiger partial charge in [-0.3, -0.25) is 4.79 Å². The van der Waals surface area contributed by atoms with Crippen molar-refractivity contribution < 1.29 is 18.8 Å². The number of carbonyl (C=O) groups is 1. The highest BCUT2D eigenvalue weighted by Crippen LogP contribution is 2.26. The lowest BCUT2D eigenvalue weighted by Crippen LogP contribution is -2.43. The molecule has 0 spiro atoms. The number of rotatable bonds is 5. The number of amides is 1. The number of ether oxygens (including phenoxy) is 2. The molecule has 0 aliphatic carbocycles. The number of hydrogen-bond donors (Lipinski definition) is 0. The molecule has 2 aromatic heterocycles. The molecular weight excluding hydrogens is 366 g/mol. The molecule has 0 radical (unpaired) electrons. The zero-order valence-corrected chi connectivity index (χ0v) is 16.1. The normalized spacial score (nSPS) is 17.4. The van der Waals surface area contributed by atoms with Crippen LogP contribution in [0.5, 0.6) is 5.75 Å². The van der Waals surface area contributed by atoms with Gasteiger partial charge in [-0.1, -0.05) is 5.16 Å². The molecule has 1 unspecified atom stereocenters. The third kappa shape index (κ3) is 3.96. The lowest BCUT2D eigenvalue weighted by atomic mass is 10.1. The second kappa shape index (κ2) is 7.66. The highest BCUT2D eigenvalue weighted by Gasteiger charge is 2.26. The maximum atomic E-state index is 12.6. The van der Waals surface area contributed by atoms with Gasteiger partial charge in [0.25, 0.3) is 5.91 Å². The van der Waals surface area contributed by atoms with Gasteiger partial charge in [0, 0.05) is 32.3 Å². The number of fused-ring (bicyclic) bond motifs is 1. The topological polar surface area (TPSA) is 77.7 Å². The number of likely N-dealkylation sites (tertiary alicyclic amines) is 1. The van der Waals surface area contributed by atoms with Crippen LogP contribution in [0.4, 0.5) is 0 Å². The molecule has 1 aliphatic heterocycles. The zero-order valence-electron chi connectivity index (χ0n) is 15.3. The summed E-state index contributed by atoms with van der Waals surface area (Å²) in [5, 5.41) is 4.93. The number of aryl methyl sites for hydroxylation is 1. The van der Waals surface area contributed by atoms with Crippen LogP contribution >= 0.6 is 11.3 Å². The van der Waals surface area contributed by atoms with E-state index in [0.717, 1.165) is 28.1 Å². The minimum Gasteiger partial charge on any atom is -0.485 e. The van der Waals surface area contributed by atoms with Crippen LogP contribution < -0.4 is 4.74 Å². The molecule has 1 aliphatic rings. The highest BCUT2D eigenvalue weighted by molar-refractivity contribution is 7.18. The van der Waals surface area contributed by atoms with E-state index in [1.165, 1.54) is 0 Å². The molecular formula is C19H21N3O4S. The van der Waals surface area contributed by atoms with E-state index in [1.54, 1.807) is 29.4 Å². The van der Waals surface area contributed by atoms with Crippen LogP contribution in [0.2, 0.25) is 0 Å². The monoisotopic (exact) mass is 387 g/mol. The average Bonchev–Trinajstić information content (AvgIpc) is 3.31. The van der Waals surface area contributed by atoms with E-state index in [-0.39, 0.29) is 18.6 Å². The van der Waals surface area contributed by atoms with Crippen molar-refractivity contribution in [3.63, 3.8) is 0 Å². The SMILES string of the molecule is COC1CCCN(C(=O)c2cc(COc3ccc4sc(C)nc4c3)on2)C1. The van der Waals surface area contributed by atoms with E-state index < -0.39 is 0 Å². The molecule has 1 amide bonds. The molecule has 0 saturated carbocycles. The smallest absolute Gasteiger partial charge is 0.276 e. The van der Waals surface area contributed by atoms with E-state index >= 15 is 0 Å². The van der Waals surface area contributed by atoms with Gasteiger partial charge < -0.3 is 18.9 Å². The fraction of sp³-hybridized carbons (Fsp3) is 0.421. The molecule has 142 valence electrons. The number of nitrogens with zero attached hydrogens (tertiary/aromatic N) is 3. The summed E-state index contributed by atoms with van der Waals surface area (Å²) in [5.41, 5.74) is 1.22. The first-order chi connectivity index (χ1) is 13.1. The Morgan fingerprint density at radius 3 is 3.15 bits per heavy atom. The van der Waals surface area contributed by atoms with E-state index in [1.807, 2.05) is 25.1 Å². The van der Waals surface area contributed by atoms with E-state index in [4.69, 9.17) is 14.0 Å². The highest BCUT2D eigenvalue weighted by atomic mass is 32.1. The van der Waals surface area contributed by atoms with Gasteiger partial charge in [0.1, 0.15) is 12.4 Å². The van der Waals surface area contributed by atoms with Gasteiger partial charge in [-0.15, -0.1) is 11.3 Å². The molecule has 1 atom stereocenters. The number of hydrogen-bond acceptors (Lipinski definition) is 7. The zero-order chi connectivity index (χ0) is 18.8. The van der Waals surface area contributed by atoms with Gasteiger partial charge in [-0.2, -0.15) is 0 Å². The largest absolute Gasteiger partial charge is 0.485 e. The maximum Gasteiger partial charge on any atom is 0.276 e. The Morgan fingerprint density at radius 1 is 1.41 bits per heavy atom. The Labute approximate surface area is 160 Å². The quantitative estimate of drug-likeness (QED) is 0.668. The second-order valence-corrected chi connectivity index (χ2v) is 7.82. The minimum atomic E-state index is -0.133. The van der Waals surface area contributed by atoms with Crippen molar-refractivity contribution in [2.24, 2.45) is 0 Å². The van der Waals surface area contributed by atoms with Gasteiger partial charge in [-0.05, 0) is 31.9 Å². The summed E-state index contributed by atoms with van der Waals surface area (Å²) in [7, 11) is 1.68. The van der Waals surface area contributed by atoms with Crippen molar-refractivity contribution in [3.05, 3.63) is 40.7 Å².